The van der Waals surface area contributed by atoms with Gasteiger partial charge in [0.05, 0.1) is 12.1 Å². The molecule has 2 rings (SSSR count). The van der Waals surface area contributed by atoms with Gasteiger partial charge in [-0.05, 0) is 42.5 Å². The molecule has 0 saturated heterocycles. The maximum Gasteiger partial charge on any atom is 0.158 e. The summed E-state index contributed by atoms with van der Waals surface area (Å²) in [5.41, 5.74) is 3.23. The Labute approximate surface area is 143 Å². The van der Waals surface area contributed by atoms with Crippen LogP contribution in [0.5, 0.6) is 0 Å². The summed E-state index contributed by atoms with van der Waals surface area (Å²) in [7, 11) is 0. The zero-order chi connectivity index (χ0) is 17.5. The Bertz CT molecular complexity index is 646. The number of hydrogen-bond donors (Lipinski definition) is 0. The Hall–Kier alpha value is -2.17. The molecule has 2 atom stereocenters. The molecule has 0 heterocycles. The van der Waals surface area contributed by atoms with Crippen molar-refractivity contribution in [1.82, 2.24) is 0 Å². The first-order chi connectivity index (χ1) is 11.5. The number of rotatable bonds is 8. The van der Waals surface area contributed by atoms with Crippen LogP contribution in [-0.2, 0) is 9.47 Å². The van der Waals surface area contributed by atoms with Crippen LogP contribution in [0.4, 0.5) is 0 Å². The number of carbonyl (C=O) groups is 1. The number of carboxylic acid groups (broad SMARTS) is 1. The first-order valence-electron chi connectivity index (χ1n) is 8.24. The molecule has 24 heavy (non-hydrogen) atoms. The summed E-state index contributed by atoms with van der Waals surface area (Å²) in [6.07, 6.45) is 0.555. The Morgan fingerprint density at radius 2 is 1.54 bits per heavy atom. The second kappa shape index (κ2) is 8.62. The van der Waals surface area contributed by atoms with Crippen LogP contribution < -0.4 is 5.11 Å². The van der Waals surface area contributed by atoms with E-state index in [-0.39, 0.29) is 18.0 Å². The first-order valence-corrected chi connectivity index (χ1v) is 8.24. The zero-order valence-corrected chi connectivity index (χ0v) is 14.3. The second-order valence-corrected chi connectivity index (χ2v) is 5.56. The molecule has 0 spiro atoms. The standard InChI is InChI=1S/C20H24O4/c1-4-19(23-5-2)24-14(3)15-6-8-16(9-7-15)17-10-12-18(13-11-17)20(21)22/h6-14,19H,4-5H2,1-3H3,(H,21,22)/p-1. The molecule has 0 N–H and O–H groups in total. The van der Waals surface area contributed by atoms with Crippen LogP contribution in [-0.4, -0.2) is 18.9 Å². The normalized spacial score (nSPS) is 13.5. The van der Waals surface area contributed by atoms with Crippen LogP contribution in [0.1, 0.15) is 49.2 Å². The summed E-state index contributed by atoms with van der Waals surface area (Å²) in [5.74, 6) is -1.16. The van der Waals surface area contributed by atoms with Crippen LogP contribution in [0, 0.1) is 0 Å². The summed E-state index contributed by atoms with van der Waals surface area (Å²) in [6.45, 7) is 6.63. The van der Waals surface area contributed by atoms with E-state index in [9.17, 15) is 9.90 Å². The average Bonchev–Trinajstić information content (AvgIpc) is 2.61. The molecule has 0 aliphatic heterocycles. The topological polar surface area (TPSA) is 58.6 Å². The molecule has 0 aromatic heterocycles. The number of aromatic carboxylic acids is 1. The van der Waals surface area contributed by atoms with Crippen molar-refractivity contribution in [3.8, 4) is 11.1 Å². The summed E-state index contributed by atoms with van der Waals surface area (Å²) < 4.78 is 11.5. The highest BCUT2D eigenvalue weighted by Gasteiger charge is 2.13. The van der Waals surface area contributed by atoms with Crippen molar-refractivity contribution >= 4 is 5.97 Å². The van der Waals surface area contributed by atoms with E-state index in [0.717, 1.165) is 23.1 Å². The van der Waals surface area contributed by atoms with Crippen LogP contribution in [0.3, 0.4) is 0 Å². The average molecular weight is 327 g/mol. The highest BCUT2D eigenvalue weighted by molar-refractivity contribution is 5.86. The van der Waals surface area contributed by atoms with Crippen LogP contribution in [0.25, 0.3) is 11.1 Å². The van der Waals surface area contributed by atoms with Gasteiger partial charge in [-0.1, -0.05) is 55.5 Å². The van der Waals surface area contributed by atoms with Gasteiger partial charge in [0.2, 0.25) is 0 Å². The Morgan fingerprint density at radius 3 is 2.00 bits per heavy atom. The third kappa shape index (κ3) is 4.66. The van der Waals surface area contributed by atoms with Crippen molar-refractivity contribution < 1.29 is 19.4 Å². The van der Waals surface area contributed by atoms with Gasteiger partial charge in [0.25, 0.3) is 0 Å². The minimum absolute atomic E-state index is 0.0592. The Balaban J connectivity index is 2.08. The fourth-order valence-electron chi connectivity index (χ4n) is 2.49. The van der Waals surface area contributed by atoms with Gasteiger partial charge in [-0.3, -0.25) is 0 Å². The molecule has 0 aliphatic rings. The van der Waals surface area contributed by atoms with E-state index in [2.05, 4.69) is 0 Å². The molecule has 0 amide bonds. The molecule has 0 radical (unpaired) electrons. The predicted molar refractivity (Wildman–Crippen MR) is 91.4 cm³/mol. The molecule has 0 aliphatic carbocycles. The van der Waals surface area contributed by atoms with Gasteiger partial charge in [-0.2, -0.15) is 0 Å². The third-order valence-electron chi connectivity index (χ3n) is 3.88. The lowest BCUT2D eigenvalue weighted by Crippen LogP contribution is -2.21. The Morgan fingerprint density at radius 1 is 1.00 bits per heavy atom. The SMILES string of the molecule is CCOC(CC)OC(C)c1ccc(-c2ccc(C(=O)[O-])cc2)cc1. The van der Waals surface area contributed by atoms with Crippen molar-refractivity contribution in [2.45, 2.75) is 39.6 Å². The van der Waals surface area contributed by atoms with E-state index in [0.29, 0.717) is 6.61 Å². The minimum Gasteiger partial charge on any atom is -0.545 e. The zero-order valence-electron chi connectivity index (χ0n) is 14.3. The van der Waals surface area contributed by atoms with Gasteiger partial charge in [-0.25, -0.2) is 0 Å². The molecule has 2 aromatic carbocycles. The third-order valence-corrected chi connectivity index (χ3v) is 3.88. The van der Waals surface area contributed by atoms with Crippen molar-refractivity contribution in [3.05, 3.63) is 59.7 Å². The van der Waals surface area contributed by atoms with Crippen LogP contribution >= 0.6 is 0 Å². The van der Waals surface area contributed by atoms with Gasteiger partial charge in [0.1, 0.15) is 0 Å². The molecular formula is C20H23O4-. The number of hydrogen-bond acceptors (Lipinski definition) is 4. The van der Waals surface area contributed by atoms with Gasteiger partial charge in [-0.15, -0.1) is 0 Å². The van der Waals surface area contributed by atoms with E-state index < -0.39 is 5.97 Å². The maximum atomic E-state index is 10.8. The number of carboxylic acids is 1. The smallest absolute Gasteiger partial charge is 0.158 e. The monoisotopic (exact) mass is 327 g/mol. The molecular weight excluding hydrogens is 304 g/mol. The van der Waals surface area contributed by atoms with E-state index in [1.54, 1.807) is 24.3 Å². The van der Waals surface area contributed by atoms with E-state index in [4.69, 9.17) is 9.47 Å². The molecule has 4 heteroatoms. The molecule has 4 nitrogen and oxygen atoms in total. The van der Waals surface area contributed by atoms with Crippen molar-refractivity contribution in [2.75, 3.05) is 6.61 Å². The molecule has 0 bridgehead atoms. The second-order valence-electron chi connectivity index (χ2n) is 5.56. The number of benzene rings is 2. The molecule has 0 fully saturated rings. The van der Waals surface area contributed by atoms with Crippen LogP contribution in [0.15, 0.2) is 48.5 Å². The van der Waals surface area contributed by atoms with Gasteiger partial charge in [0, 0.05) is 6.61 Å². The van der Waals surface area contributed by atoms with Gasteiger partial charge < -0.3 is 19.4 Å². The first kappa shape index (κ1) is 18.2. The maximum absolute atomic E-state index is 10.8. The lowest BCUT2D eigenvalue weighted by Gasteiger charge is -2.21. The van der Waals surface area contributed by atoms with E-state index in [1.807, 2.05) is 45.0 Å². The van der Waals surface area contributed by atoms with E-state index in [1.165, 1.54) is 0 Å². The summed E-state index contributed by atoms with van der Waals surface area (Å²) >= 11 is 0. The minimum atomic E-state index is -1.16. The highest BCUT2D eigenvalue weighted by atomic mass is 16.7. The van der Waals surface area contributed by atoms with Crippen molar-refractivity contribution in [1.29, 1.82) is 0 Å². The van der Waals surface area contributed by atoms with Crippen LogP contribution in [0.2, 0.25) is 0 Å². The summed E-state index contributed by atoms with van der Waals surface area (Å²) in [5, 5.41) is 10.8. The molecule has 2 unspecified atom stereocenters. The van der Waals surface area contributed by atoms with E-state index >= 15 is 0 Å². The van der Waals surface area contributed by atoms with Gasteiger partial charge >= 0.3 is 0 Å². The largest absolute Gasteiger partial charge is 0.545 e. The fourth-order valence-corrected chi connectivity index (χ4v) is 2.49. The summed E-state index contributed by atoms with van der Waals surface area (Å²) in [6, 6.07) is 14.7. The van der Waals surface area contributed by atoms with Crippen molar-refractivity contribution in [3.63, 3.8) is 0 Å². The highest BCUT2D eigenvalue weighted by Crippen LogP contribution is 2.25. The quantitative estimate of drug-likeness (QED) is 0.696. The lowest BCUT2D eigenvalue weighted by molar-refractivity contribution is -0.255. The van der Waals surface area contributed by atoms with Gasteiger partial charge in [0.15, 0.2) is 6.29 Å². The number of carbonyl (C=O) groups excluding carboxylic acids is 1. The predicted octanol–water partition coefficient (Wildman–Crippen LogP) is 3.57. The summed E-state index contributed by atoms with van der Waals surface area (Å²) in [4.78, 5) is 10.8. The Kier molecular flexibility index (Phi) is 6.53. The molecule has 0 saturated carbocycles. The lowest BCUT2D eigenvalue weighted by atomic mass is 10.0. The number of ether oxygens (including phenoxy) is 2. The fraction of sp³-hybridized carbons (Fsp3) is 0.350. The van der Waals surface area contributed by atoms with Crippen molar-refractivity contribution in [2.24, 2.45) is 0 Å². The molecule has 2 aromatic rings. The molecule has 128 valence electrons.